The van der Waals surface area contributed by atoms with Gasteiger partial charge in [-0.15, -0.1) is 0 Å². The van der Waals surface area contributed by atoms with Crippen LogP contribution in [-0.2, 0) is 21.3 Å². The van der Waals surface area contributed by atoms with Gasteiger partial charge in [0.2, 0.25) is 10.0 Å². The number of hydrogen-bond acceptors (Lipinski definition) is 5. The standard InChI is InChI=1S/C21H26FN3O3S/c22-18-6-3-7-19(13-18)29(26,27)25-11-12-28-21(16-25)9-2-1-8-20(21)24-15-17-5-4-10-23-14-17/h3-7,10,13-14,20,24H,1-2,8-9,11-12,15-16H2/t20-,21-/m0/s1. The summed E-state index contributed by atoms with van der Waals surface area (Å²) in [6.45, 7) is 1.53. The van der Waals surface area contributed by atoms with E-state index in [-0.39, 0.29) is 24.0 Å². The fourth-order valence-corrected chi connectivity index (χ4v) is 5.87. The molecule has 0 unspecified atom stereocenters. The van der Waals surface area contributed by atoms with Gasteiger partial charge in [0.25, 0.3) is 0 Å². The molecule has 1 saturated heterocycles. The number of sulfonamides is 1. The van der Waals surface area contributed by atoms with Gasteiger partial charge in [0.05, 0.1) is 17.1 Å². The highest BCUT2D eigenvalue weighted by atomic mass is 32.2. The van der Waals surface area contributed by atoms with Gasteiger partial charge >= 0.3 is 0 Å². The average molecular weight is 420 g/mol. The zero-order chi connectivity index (χ0) is 20.3. The van der Waals surface area contributed by atoms with Gasteiger partial charge in [0.15, 0.2) is 0 Å². The molecular formula is C21H26FN3O3S. The summed E-state index contributed by atoms with van der Waals surface area (Å²) >= 11 is 0. The third-order valence-corrected chi connectivity index (χ3v) is 7.70. The summed E-state index contributed by atoms with van der Waals surface area (Å²) in [5.41, 5.74) is 0.507. The molecule has 4 rings (SSSR count). The van der Waals surface area contributed by atoms with Gasteiger partial charge in [-0.1, -0.05) is 25.0 Å². The van der Waals surface area contributed by atoms with Crippen molar-refractivity contribution in [3.05, 3.63) is 60.2 Å². The van der Waals surface area contributed by atoms with Crippen LogP contribution in [0.25, 0.3) is 0 Å². The molecule has 0 bridgehead atoms. The molecule has 2 aliphatic rings. The predicted molar refractivity (Wildman–Crippen MR) is 107 cm³/mol. The molecule has 2 aromatic rings. The molecule has 1 aliphatic carbocycles. The third kappa shape index (κ3) is 4.35. The Morgan fingerprint density at radius 1 is 1.28 bits per heavy atom. The van der Waals surface area contributed by atoms with Crippen molar-refractivity contribution in [1.82, 2.24) is 14.6 Å². The number of nitrogens with one attached hydrogen (secondary N) is 1. The van der Waals surface area contributed by atoms with Gasteiger partial charge in [-0.25, -0.2) is 12.8 Å². The highest BCUT2D eigenvalue weighted by Crippen LogP contribution is 2.36. The maximum Gasteiger partial charge on any atom is 0.243 e. The van der Waals surface area contributed by atoms with Crippen LogP contribution < -0.4 is 5.32 Å². The molecule has 29 heavy (non-hydrogen) atoms. The summed E-state index contributed by atoms with van der Waals surface area (Å²) in [4.78, 5) is 4.14. The summed E-state index contributed by atoms with van der Waals surface area (Å²) in [6, 6.07) is 9.16. The summed E-state index contributed by atoms with van der Waals surface area (Å²) in [5, 5.41) is 3.57. The first-order valence-electron chi connectivity index (χ1n) is 10.0. The van der Waals surface area contributed by atoms with Crippen molar-refractivity contribution < 1.29 is 17.5 Å². The van der Waals surface area contributed by atoms with E-state index >= 15 is 0 Å². The number of nitrogens with zero attached hydrogens (tertiary/aromatic N) is 2. The molecule has 1 spiro atoms. The lowest BCUT2D eigenvalue weighted by molar-refractivity contribution is -0.127. The zero-order valence-electron chi connectivity index (χ0n) is 16.3. The molecule has 1 saturated carbocycles. The smallest absolute Gasteiger partial charge is 0.243 e. The van der Waals surface area contributed by atoms with Crippen LogP contribution >= 0.6 is 0 Å². The largest absolute Gasteiger partial charge is 0.371 e. The van der Waals surface area contributed by atoms with Gasteiger partial charge in [-0.2, -0.15) is 4.31 Å². The molecule has 2 heterocycles. The molecular weight excluding hydrogens is 393 g/mol. The van der Waals surface area contributed by atoms with Crippen LogP contribution in [0.3, 0.4) is 0 Å². The number of rotatable bonds is 5. The van der Waals surface area contributed by atoms with E-state index in [1.165, 1.54) is 22.5 Å². The molecule has 1 aromatic heterocycles. The number of benzene rings is 1. The maximum atomic E-state index is 13.6. The summed E-state index contributed by atoms with van der Waals surface area (Å²) in [5.74, 6) is -0.553. The van der Waals surface area contributed by atoms with E-state index < -0.39 is 21.4 Å². The SMILES string of the molecule is O=S(=O)(c1cccc(F)c1)N1CCO[C@@]2(CCCC[C@@H]2NCc2cccnc2)C1. The molecule has 1 aliphatic heterocycles. The molecule has 0 radical (unpaired) electrons. The van der Waals surface area contributed by atoms with E-state index in [2.05, 4.69) is 10.3 Å². The Labute approximate surface area is 171 Å². The van der Waals surface area contributed by atoms with Crippen molar-refractivity contribution in [3.63, 3.8) is 0 Å². The van der Waals surface area contributed by atoms with Crippen molar-refractivity contribution >= 4 is 10.0 Å². The van der Waals surface area contributed by atoms with Crippen molar-refractivity contribution in [2.45, 2.75) is 48.8 Å². The molecule has 2 atom stereocenters. The Kier molecular flexibility index (Phi) is 5.96. The Morgan fingerprint density at radius 3 is 2.97 bits per heavy atom. The monoisotopic (exact) mass is 419 g/mol. The van der Waals surface area contributed by atoms with E-state index in [0.29, 0.717) is 13.2 Å². The van der Waals surface area contributed by atoms with Crippen LogP contribution in [-0.4, -0.2) is 49.0 Å². The van der Waals surface area contributed by atoms with Crippen LogP contribution in [0.5, 0.6) is 0 Å². The molecule has 1 N–H and O–H groups in total. The van der Waals surface area contributed by atoms with E-state index in [4.69, 9.17) is 4.74 Å². The highest BCUT2D eigenvalue weighted by molar-refractivity contribution is 7.89. The number of aromatic nitrogens is 1. The van der Waals surface area contributed by atoms with Crippen LogP contribution in [0.2, 0.25) is 0 Å². The maximum absolute atomic E-state index is 13.6. The molecule has 156 valence electrons. The number of hydrogen-bond donors (Lipinski definition) is 1. The topological polar surface area (TPSA) is 71.5 Å². The summed E-state index contributed by atoms with van der Waals surface area (Å²) in [7, 11) is -3.77. The number of morpholine rings is 1. The number of halogens is 1. The Hall–Kier alpha value is -1.87. The van der Waals surface area contributed by atoms with E-state index in [9.17, 15) is 12.8 Å². The van der Waals surface area contributed by atoms with Crippen molar-refractivity contribution in [1.29, 1.82) is 0 Å². The highest BCUT2D eigenvalue weighted by Gasteiger charge is 2.47. The van der Waals surface area contributed by atoms with Crippen molar-refractivity contribution in [2.75, 3.05) is 19.7 Å². The summed E-state index contributed by atoms with van der Waals surface area (Å²) in [6.07, 6.45) is 7.36. The first-order valence-corrected chi connectivity index (χ1v) is 11.5. The molecule has 1 aromatic carbocycles. The minimum atomic E-state index is -3.77. The van der Waals surface area contributed by atoms with Gasteiger partial charge in [-0.05, 0) is 42.7 Å². The minimum absolute atomic E-state index is 0.00905. The lowest BCUT2D eigenvalue weighted by atomic mass is 9.79. The molecule has 2 fully saturated rings. The second kappa shape index (κ2) is 8.47. The lowest BCUT2D eigenvalue weighted by Gasteiger charge is -2.49. The Morgan fingerprint density at radius 2 is 2.17 bits per heavy atom. The Bertz CT molecular complexity index is 937. The van der Waals surface area contributed by atoms with Crippen molar-refractivity contribution in [2.24, 2.45) is 0 Å². The third-order valence-electron chi connectivity index (χ3n) is 5.86. The minimum Gasteiger partial charge on any atom is -0.371 e. The van der Waals surface area contributed by atoms with Crippen LogP contribution in [0.1, 0.15) is 31.2 Å². The molecule has 8 heteroatoms. The fraction of sp³-hybridized carbons (Fsp3) is 0.476. The van der Waals surface area contributed by atoms with E-state index in [0.717, 1.165) is 37.3 Å². The van der Waals surface area contributed by atoms with Crippen LogP contribution in [0.4, 0.5) is 4.39 Å². The fourth-order valence-electron chi connectivity index (χ4n) is 4.36. The second-order valence-electron chi connectivity index (χ2n) is 7.75. The van der Waals surface area contributed by atoms with Crippen LogP contribution in [0.15, 0.2) is 53.7 Å². The quantitative estimate of drug-likeness (QED) is 0.807. The normalized spacial score (nSPS) is 25.9. The molecule has 0 amide bonds. The first kappa shape index (κ1) is 20.4. The van der Waals surface area contributed by atoms with Crippen LogP contribution in [0, 0.1) is 5.82 Å². The van der Waals surface area contributed by atoms with Gasteiger partial charge in [0.1, 0.15) is 5.82 Å². The Balaban J connectivity index is 1.54. The van der Waals surface area contributed by atoms with Gasteiger partial charge in [0, 0.05) is 38.1 Å². The zero-order valence-corrected chi connectivity index (χ0v) is 17.1. The second-order valence-corrected chi connectivity index (χ2v) is 9.69. The number of ether oxygens (including phenoxy) is 1. The average Bonchev–Trinajstić information content (AvgIpc) is 2.74. The lowest BCUT2D eigenvalue weighted by Crippen LogP contribution is -2.63. The van der Waals surface area contributed by atoms with Crippen molar-refractivity contribution in [3.8, 4) is 0 Å². The molecule has 6 nitrogen and oxygen atoms in total. The number of pyridine rings is 1. The van der Waals surface area contributed by atoms with Gasteiger partial charge < -0.3 is 10.1 Å². The predicted octanol–water partition coefficient (Wildman–Crippen LogP) is 2.71. The van der Waals surface area contributed by atoms with Gasteiger partial charge in [-0.3, -0.25) is 4.98 Å². The summed E-state index contributed by atoms with van der Waals surface area (Å²) < 4.78 is 47.6. The van der Waals surface area contributed by atoms with E-state index in [1.54, 1.807) is 6.20 Å². The first-order chi connectivity index (χ1) is 14.0. The van der Waals surface area contributed by atoms with E-state index in [1.807, 2.05) is 18.3 Å².